The standard InChI is InChI=1S/C12H18N2O4S.ClH/c1-8-4-9-10(18-7-17-9)5-11(8)19(15,16)14-6-12(2,3)13;/h4-5,14H,6-7,13H2,1-3H3;1H. The van der Waals surface area contributed by atoms with Gasteiger partial charge in [0.1, 0.15) is 0 Å². The van der Waals surface area contributed by atoms with Gasteiger partial charge in [-0.15, -0.1) is 12.4 Å². The number of hydrogen-bond acceptors (Lipinski definition) is 5. The van der Waals surface area contributed by atoms with Crippen molar-refractivity contribution in [1.82, 2.24) is 4.72 Å². The van der Waals surface area contributed by atoms with E-state index in [1.807, 2.05) is 0 Å². The number of fused-ring (bicyclic) bond motifs is 1. The quantitative estimate of drug-likeness (QED) is 0.868. The summed E-state index contributed by atoms with van der Waals surface area (Å²) >= 11 is 0. The van der Waals surface area contributed by atoms with Crippen molar-refractivity contribution in [2.45, 2.75) is 31.2 Å². The van der Waals surface area contributed by atoms with Crippen LogP contribution in [0, 0.1) is 6.92 Å². The first-order valence-electron chi connectivity index (χ1n) is 5.88. The third kappa shape index (κ3) is 3.76. The Balaban J connectivity index is 0.00000200. The van der Waals surface area contributed by atoms with E-state index in [1.165, 1.54) is 6.07 Å². The molecule has 3 N–H and O–H groups in total. The minimum absolute atomic E-state index is 0. The summed E-state index contributed by atoms with van der Waals surface area (Å²) < 4.78 is 37.4. The van der Waals surface area contributed by atoms with Crippen LogP contribution in [0.3, 0.4) is 0 Å². The lowest BCUT2D eigenvalue weighted by Crippen LogP contribution is -2.45. The van der Waals surface area contributed by atoms with E-state index in [0.29, 0.717) is 17.1 Å². The number of nitrogens with one attached hydrogen (secondary N) is 1. The highest BCUT2D eigenvalue weighted by Crippen LogP contribution is 2.36. The average Bonchev–Trinajstić information content (AvgIpc) is 2.71. The molecule has 2 rings (SSSR count). The molecule has 1 aromatic rings. The van der Waals surface area contributed by atoms with E-state index in [4.69, 9.17) is 15.2 Å². The molecule has 0 spiro atoms. The molecule has 1 aliphatic rings. The van der Waals surface area contributed by atoms with Crippen molar-refractivity contribution in [2.75, 3.05) is 13.3 Å². The number of rotatable bonds is 4. The van der Waals surface area contributed by atoms with E-state index in [1.54, 1.807) is 26.8 Å². The maximum absolute atomic E-state index is 12.2. The smallest absolute Gasteiger partial charge is 0.241 e. The van der Waals surface area contributed by atoms with Gasteiger partial charge >= 0.3 is 0 Å². The third-order valence-corrected chi connectivity index (χ3v) is 4.22. The summed E-state index contributed by atoms with van der Waals surface area (Å²) in [6.45, 7) is 5.49. The van der Waals surface area contributed by atoms with Crippen LogP contribution in [0.4, 0.5) is 0 Å². The van der Waals surface area contributed by atoms with Crippen molar-refractivity contribution in [2.24, 2.45) is 5.73 Å². The van der Waals surface area contributed by atoms with Gasteiger partial charge in [-0.1, -0.05) is 0 Å². The van der Waals surface area contributed by atoms with Gasteiger partial charge in [-0.3, -0.25) is 0 Å². The number of hydrogen-bond donors (Lipinski definition) is 2. The summed E-state index contributed by atoms with van der Waals surface area (Å²) in [5, 5.41) is 0. The van der Waals surface area contributed by atoms with Crippen LogP contribution in [0.25, 0.3) is 0 Å². The molecular formula is C12H19ClN2O4S. The number of sulfonamides is 1. The van der Waals surface area contributed by atoms with Crippen LogP contribution in [0.2, 0.25) is 0 Å². The van der Waals surface area contributed by atoms with E-state index in [9.17, 15) is 8.42 Å². The summed E-state index contributed by atoms with van der Waals surface area (Å²) in [6, 6.07) is 3.13. The highest BCUT2D eigenvalue weighted by molar-refractivity contribution is 7.89. The Labute approximate surface area is 125 Å². The zero-order valence-corrected chi connectivity index (χ0v) is 13.2. The van der Waals surface area contributed by atoms with Crippen molar-refractivity contribution in [3.63, 3.8) is 0 Å². The second kappa shape index (κ2) is 5.77. The summed E-state index contributed by atoms with van der Waals surface area (Å²) in [5.74, 6) is 1.01. The molecule has 114 valence electrons. The first-order valence-corrected chi connectivity index (χ1v) is 7.36. The first-order chi connectivity index (χ1) is 8.69. The topological polar surface area (TPSA) is 90.7 Å². The van der Waals surface area contributed by atoms with Crippen molar-refractivity contribution in [3.8, 4) is 11.5 Å². The fourth-order valence-corrected chi connectivity index (χ4v) is 3.14. The normalized spacial score (nSPS) is 14.0. The molecule has 6 nitrogen and oxygen atoms in total. The van der Waals surface area contributed by atoms with E-state index < -0.39 is 15.6 Å². The molecule has 0 saturated carbocycles. The predicted octanol–water partition coefficient (Wildman–Crippen LogP) is 1.16. The molecule has 0 radical (unpaired) electrons. The fraction of sp³-hybridized carbons (Fsp3) is 0.500. The Morgan fingerprint density at radius 3 is 2.40 bits per heavy atom. The van der Waals surface area contributed by atoms with Crippen LogP contribution in [0.1, 0.15) is 19.4 Å². The van der Waals surface area contributed by atoms with Crippen LogP contribution >= 0.6 is 12.4 Å². The summed E-state index contributed by atoms with van der Waals surface area (Å²) in [7, 11) is -3.61. The van der Waals surface area contributed by atoms with Crippen molar-refractivity contribution in [3.05, 3.63) is 17.7 Å². The molecule has 0 aliphatic carbocycles. The number of halogens is 1. The molecule has 1 heterocycles. The van der Waals surface area contributed by atoms with Gasteiger partial charge in [-0.25, -0.2) is 13.1 Å². The Kier molecular flexibility index (Phi) is 4.91. The second-order valence-corrected chi connectivity index (χ2v) is 7.02. The van der Waals surface area contributed by atoms with Gasteiger partial charge in [-0.05, 0) is 32.4 Å². The Morgan fingerprint density at radius 1 is 1.30 bits per heavy atom. The van der Waals surface area contributed by atoms with Gasteiger partial charge < -0.3 is 15.2 Å². The van der Waals surface area contributed by atoms with E-state index in [0.717, 1.165) is 0 Å². The Morgan fingerprint density at radius 2 is 1.85 bits per heavy atom. The SMILES string of the molecule is Cc1cc2c(cc1S(=O)(=O)NCC(C)(C)N)OCO2.Cl. The minimum atomic E-state index is -3.61. The monoisotopic (exact) mass is 322 g/mol. The molecule has 0 unspecified atom stereocenters. The van der Waals surface area contributed by atoms with Crippen LogP contribution < -0.4 is 19.9 Å². The number of benzene rings is 1. The maximum Gasteiger partial charge on any atom is 0.241 e. The molecule has 8 heteroatoms. The van der Waals surface area contributed by atoms with Crippen molar-refractivity contribution < 1.29 is 17.9 Å². The van der Waals surface area contributed by atoms with Gasteiger partial charge in [0, 0.05) is 18.2 Å². The Hall–Kier alpha value is -1.02. The number of aryl methyl sites for hydroxylation is 1. The van der Waals surface area contributed by atoms with Crippen LogP contribution in [0.15, 0.2) is 17.0 Å². The van der Waals surface area contributed by atoms with E-state index in [-0.39, 0.29) is 30.6 Å². The molecule has 0 amide bonds. The second-order valence-electron chi connectivity index (χ2n) is 5.28. The summed E-state index contributed by atoms with van der Waals surface area (Å²) in [4.78, 5) is 0.181. The molecule has 1 aromatic carbocycles. The number of ether oxygens (including phenoxy) is 2. The molecular weight excluding hydrogens is 304 g/mol. The molecule has 20 heavy (non-hydrogen) atoms. The van der Waals surface area contributed by atoms with Crippen molar-refractivity contribution >= 4 is 22.4 Å². The minimum Gasteiger partial charge on any atom is -0.454 e. The first kappa shape index (κ1) is 17.0. The molecule has 0 atom stereocenters. The van der Waals surface area contributed by atoms with Crippen molar-refractivity contribution in [1.29, 1.82) is 0 Å². The summed E-state index contributed by atoms with van der Waals surface area (Å²) in [6.07, 6.45) is 0. The largest absolute Gasteiger partial charge is 0.454 e. The van der Waals surface area contributed by atoms with E-state index in [2.05, 4.69) is 4.72 Å². The zero-order chi connectivity index (χ0) is 14.3. The highest BCUT2D eigenvalue weighted by atomic mass is 35.5. The Bertz CT molecular complexity index is 596. The summed E-state index contributed by atoms with van der Waals surface area (Å²) in [5.41, 5.74) is 5.77. The lowest BCUT2D eigenvalue weighted by molar-refractivity contribution is 0.174. The van der Waals surface area contributed by atoms with E-state index >= 15 is 0 Å². The van der Waals surface area contributed by atoms with Gasteiger partial charge in [0.15, 0.2) is 11.5 Å². The van der Waals surface area contributed by atoms with Gasteiger partial charge in [0.2, 0.25) is 16.8 Å². The lowest BCUT2D eigenvalue weighted by Gasteiger charge is -2.19. The molecule has 0 aromatic heterocycles. The molecule has 0 fully saturated rings. The van der Waals surface area contributed by atoms with Gasteiger partial charge in [0.25, 0.3) is 0 Å². The third-order valence-electron chi connectivity index (χ3n) is 2.68. The number of nitrogens with two attached hydrogens (primary N) is 1. The molecule has 1 aliphatic heterocycles. The highest BCUT2D eigenvalue weighted by Gasteiger charge is 2.24. The average molecular weight is 323 g/mol. The van der Waals surface area contributed by atoms with Crippen LogP contribution in [-0.4, -0.2) is 27.3 Å². The predicted molar refractivity (Wildman–Crippen MR) is 78.0 cm³/mol. The zero-order valence-electron chi connectivity index (χ0n) is 11.6. The van der Waals surface area contributed by atoms with Crippen LogP contribution in [-0.2, 0) is 10.0 Å². The lowest BCUT2D eigenvalue weighted by atomic mass is 10.1. The van der Waals surface area contributed by atoms with Gasteiger partial charge in [0.05, 0.1) is 4.90 Å². The fourth-order valence-electron chi connectivity index (χ4n) is 1.67. The maximum atomic E-state index is 12.2. The molecule has 0 bridgehead atoms. The van der Waals surface area contributed by atoms with Crippen LogP contribution in [0.5, 0.6) is 11.5 Å². The van der Waals surface area contributed by atoms with Gasteiger partial charge in [-0.2, -0.15) is 0 Å². The molecule has 0 saturated heterocycles.